The number of fused-ring (bicyclic) bond motifs is 1. The summed E-state index contributed by atoms with van der Waals surface area (Å²) < 4.78 is 1.49. The Balaban J connectivity index is 2.51. The molecule has 0 bridgehead atoms. The molecule has 0 saturated heterocycles. The molecule has 66 valence electrons. The Morgan fingerprint density at radius 1 is 1.62 bits per heavy atom. The molecule has 0 unspecified atom stereocenters. The van der Waals surface area contributed by atoms with Gasteiger partial charge in [0.25, 0.3) is 0 Å². The zero-order valence-corrected chi connectivity index (χ0v) is 6.64. The van der Waals surface area contributed by atoms with Crippen molar-refractivity contribution in [1.82, 2.24) is 14.6 Å². The van der Waals surface area contributed by atoms with Gasteiger partial charge in [-0.25, -0.2) is 9.78 Å². The molecule has 13 heavy (non-hydrogen) atoms. The summed E-state index contributed by atoms with van der Waals surface area (Å²) in [6.45, 7) is 0. The Morgan fingerprint density at radius 2 is 2.46 bits per heavy atom. The number of primary amides is 1. The van der Waals surface area contributed by atoms with Crippen molar-refractivity contribution in [3.8, 4) is 0 Å². The fraction of sp³-hybridized carbons (Fsp3) is 0. The zero-order chi connectivity index (χ0) is 9.26. The number of nitrogens with two attached hydrogens (primary N) is 1. The predicted molar refractivity (Wildman–Crippen MR) is 46.2 cm³/mol. The van der Waals surface area contributed by atoms with Gasteiger partial charge in [0.15, 0.2) is 11.5 Å². The number of nitrogens with one attached hydrogen (secondary N) is 1. The molecule has 2 heterocycles. The van der Waals surface area contributed by atoms with Crippen LogP contribution in [0.15, 0.2) is 24.5 Å². The minimum atomic E-state index is -0.632. The van der Waals surface area contributed by atoms with Gasteiger partial charge in [-0.2, -0.15) is 9.61 Å². The van der Waals surface area contributed by atoms with Gasteiger partial charge in [0.2, 0.25) is 0 Å². The SMILES string of the molecule is NC(=O)Nc1cnc2cccnn12. The lowest BCUT2D eigenvalue weighted by Crippen LogP contribution is -2.20. The second-order valence-electron chi connectivity index (χ2n) is 2.43. The third kappa shape index (κ3) is 1.28. The van der Waals surface area contributed by atoms with Gasteiger partial charge in [-0.05, 0) is 12.1 Å². The Morgan fingerprint density at radius 3 is 3.23 bits per heavy atom. The van der Waals surface area contributed by atoms with Crippen LogP contribution in [0.5, 0.6) is 0 Å². The number of imidazole rings is 1. The van der Waals surface area contributed by atoms with Crippen molar-refractivity contribution in [3.63, 3.8) is 0 Å². The first-order valence-electron chi connectivity index (χ1n) is 3.62. The molecule has 0 spiro atoms. The highest BCUT2D eigenvalue weighted by molar-refractivity contribution is 5.87. The van der Waals surface area contributed by atoms with Crippen LogP contribution >= 0.6 is 0 Å². The summed E-state index contributed by atoms with van der Waals surface area (Å²) in [6, 6.07) is 2.91. The first kappa shape index (κ1) is 7.53. The van der Waals surface area contributed by atoms with Gasteiger partial charge in [-0.15, -0.1) is 0 Å². The van der Waals surface area contributed by atoms with E-state index in [1.165, 1.54) is 10.7 Å². The standard InChI is InChI=1S/C7H7N5O/c8-7(13)11-6-4-9-5-2-1-3-10-12(5)6/h1-4H,(H3,8,11,13). The van der Waals surface area contributed by atoms with E-state index < -0.39 is 6.03 Å². The molecule has 0 aliphatic carbocycles. The van der Waals surface area contributed by atoms with Crippen LogP contribution in [-0.4, -0.2) is 20.6 Å². The maximum absolute atomic E-state index is 10.6. The van der Waals surface area contributed by atoms with E-state index in [1.807, 2.05) is 0 Å². The first-order chi connectivity index (χ1) is 6.27. The molecule has 0 aliphatic rings. The fourth-order valence-electron chi connectivity index (χ4n) is 1.04. The van der Waals surface area contributed by atoms with Crippen LogP contribution < -0.4 is 11.1 Å². The molecule has 2 aromatic heterocycles. The maximum atomic E-state index is 10.6. The van der Waals surface area contributed by atoms with Crippen LogP contribution in [0.25, 0.3) is 5.65 Å². The summed E-state index contributed by atoms with van der Waals surface area (Å²) in [5.41, 5.74) is 5.61. The molecule has 2 amide bonds. The lowest BCUT2D eigenvalue weighted by atomic mass is 10.6. The molecule has 0 atom stereocenters. The third-order valence-corrected chi connectivity index (χ3v) is 1.53. The predicted octanol–water partition coefficient (Wildman–Crippen LogP) is 0.220. The van der Waals surface area contributed by atoms with Crippen molar-refractivity contribution < 1.29 is 4.79 Å². The molecule has 0 saturated carbocycles. The monoisotopic (exact) mass is 177 g/mol. The number of urea groups is 1. The van der Waals surface area contributed by atoms with Crippen molar-refractivity contribution in [2.45, 2.75) is 0 Å². The Kier molecular flexibility index (Phi) is 1.59. The lowest BCUT2D eigenvalue weighted by Gasteiger charge is -1.98. The average Bonchev–Trinajstić information content (AvgIpc) is 2.48. The van der Waals surface area contributed by atoms with Crippen LogP contribution in [0.3, 0.4) is 0 Å². The van der Waals surface area contributed by atoms with Gasteiger partial charge in [0, 0.05) is 6.20 Å². The van der Waals surface area contributed by atoms with Crippen molar-refractivity contribution in [3.05, 3.63) is 24.5 Å². The molecular formula is C7H7N5O. The minimum Gasteiger partial charge on any atom is -0.351 e. The number of carbonyl (C=O) groups is 1. The van der Waals surface area contributed by atoms with E-state index in [1.54, 1.807) is 18.3 Å². The molecule has 2 rings (SSSR count). The fourth-order valence-corrected chi connectivity index (χ4v) is 1.04. The minimum absolute atomic E-state index is 0.461. The normalized spacial score (nSPS) is 10.2. The van der Waals surface area contributed by atoms with Crippen molar-refractivity contribution in [1.29, 1.82) is 0 Å². The number of anilines is 1. The van der Waals surface area contributed by atoms with Gasteiger partial charge in [-0.3, -0.25) is 5.32 Å². The van der Waals surface area contributed by atoms with Crippen molar-refractivity contribution >= 4 is 17.5 Å². The second kappa shape index (κ2) is 2.74. The number of hydrogen-bond acceptors (Lipinski definition) is 3. The highest BCUT2D eigenvalue weighted by Crippen LogP contribution is 2.07. The second-order valence-corrected chi connectivity index (χ2v) is 2.43. The molecule has 0 radical (unpaired) electrons. The number of rotatable bonds is 1. The molecule has 3 N–H and O–H groups in total. The van der Waals surface area contributed by atoms with Gasteiger partial charge < -0.3 is 5.73 Å². The summed E-state index contributed by atoms with van der Waals surface area (Å²) in [5, 5.41) is 6.38. The van der Waals surface area contributed by atoms with Crippen LogP contribution in [0.4, 0.5) is 10.6 Å². The van der Waals surface area contributed by atoms with Crippen LogP contribution in [0, 0.1) is 0 Å². The number of nitrogens with zero attached hydrogens (tertiary/aromatic N) is 3. The summed E-state index contributed by atoms with van der Waals surface area (Å²) in [5.74, 6) is 0.461. The van der Waals surface area contributed by atoms with E-state index in [4.69, 9.17) is 5.73 Å². The Hall–Kier alpha value is -2.11. The summed E-state index contributed by atoms with van der Waals surface area (Å²) in [4.78, 5) is 14.6. The van der Waals surface area contributed by atoms with Crippen LogP contribution in [0.2, 0.25) is 0 Å². The van der Waals surface area contributed by atoms with E-state index in [2.05, 4.69) is 15.4 Å². The quantitative estimate of drug-likeness (QED) is 0.653. The zero-order valence-electron chi connectivity index (χ0n) is 6.64. The molecule has 0 fully saturated rings. The molecular weight excluding hydrogens is 170 g/mol. The highest BCUT2D eigenvalue weighted by Gasteiger charge is 2.03. The smallest absolute Gasteiger partial charge is 0.317 e. The molecule has 6 heteroatoms. The summed E-state index contributed by atoms with van der Waals surface area (Å²) >= 11 is 0. The number of aromatic nitrogens is 3. The first-order valence-corrected chi connectivity index (χ1v) is 3.62. The Bertz CT molecular complexity index is 449. The molecule has 0 aromatic carbocycles. The van der Waals surface area contributed by atoms with Gasteiger partial charge in [-0.1, -0.05) is 0 Å². The van der Waals surface area contributed by atoms with Gasteiger partial charge >= 0.3 is 6.03 Å². The lowest BCUT2D eigenvalue weighted by molar-refractivity contribution is 0.259. The number of hydrogen-bond donors (Lipinski definition) is 2. The maximum Gasteiger partial charge on any atom is 0.317 e. The topological polar surface area (TPSA) is 85.3 Å². The Labute approximate surface area is 73.4 Å². The molecule has 6 nitrogen and oxygen atoms in total. The van der Waals surface area contributed by atoms with E-state index in [9.17, 15) is 4.79 Å². The summed E-state index contributed by atoms with van der Waals surface area (Å²) in [7, 11) is 0. The van der Waals surface area contributed by atoms with Gasteiger partial charge in [0.05, 0.1) is 6.20 Å². The van der Waals surface area contributed by atoms with Crippen molar-refractivity contribution in [2.24, 2.45) is 5.73 Å². The van der Waals surface area contributed by atoms with Crippen LogP contribution in [-0.2, 0) is 0 Å². The number of carbonyl (C=O) groups excluding carboxylic acids is 1. The van der Waals surface area contributed by atoms with Crippen LogP contribution in [0.1, 0.15) is 0 Å². The van der Waals surface area contributed by atoms with E-state index >= 15 is 0 Å². The highest BCUT2D eigenvalue weighted by atomic mass is 16.2. The third-order valence-electron chi connectivity index (χ3n) is 1.53. The van der Waals surface area contributed by atoms with E-state index in [-0.39, 0.29) is 0 Å². The largest absolute Gasteiger partial charge is 0.351 e. The average molecular weight is 177 g/mol. The van der Waals surface area contributed by atoms with Gasteiger partial charge in [0.1, 0.15) is 0 Å². The molecule has 0 aliphatic heterocycles. The summed E-state index contributed by atoms with van der Waals surface area (Å²) in [6.07, 6.45) is 3.09. The van der Waals surface area contributed by atoms with E-state index in [0.29, 0.717) is 11.5 Å². The van der Waals surface area contributed by atoms with Crippen molar-refractivity contribution in [2.75, 3.05) is 5.32 Å². The molecule has 2 aromatic rings. The van der Waals surface area contributed by atoms with E-state index in [0.717, 1.165) is 0 Å². The number of amides is 2.